The monoisotopic (exact) mass is 735 g/mol. The Labute approximate surface area is 334 Å². The molecule has 2 heterocycles. The summed E-state index contributed by atoms with van der Waals surface area (Å²) in [6.07, 6.45) is 32.2. The first-order valence-corrected chi connectivity index (χ1v) is 21.9. The van der Waals surface area contributed by atoms with Gasteiger partial charge in [-0.15, -0.1) is 0 Å². The molecule has 0 spiro atoms. The van der Waals surface area contributed by atoms with Crippen molar-refractivity contribution in [1.82, 2.24) is 19.9 Å². The summed E-state index contributed by atoms with van der Waals surface area (Å²) in [6, 6.07) is 17.6. The van der Waals surface area contributed by atoms with Gasteiger partial charge in [0.05, 0.1) is 0 Å². The molecule has 55 heavy (non-hydrogen) atoms. The third-order valence-corrected chi connectivity index (χ3v) is 12.0. The molecule has 2 aliphatic carbocycles. The van der Waals surface area contributed by atoms with E-state index in [0.717, 1.165) is 47.6 Å². The van der Waals surface area contributed by atoms with Gasteiger partial charge >= 0.3 is 0 Å². The van der Waals surface area contributed by atoms with E-state index in [1.807, 2.05) is 24.8 Å². The number of benzene rings is 2. The zero-order valence-corrected chi connectivity index (χ0v) is 34.5. The quantitative estimate of drug-likeness (QED) is 0.101. The normalized spacial score (nSPS) is 19.2. The van der Waals surface area contributed by atoms with E-state index in [9.17, 15) is 0 Å². The number of nitrogens with zero attached hydrogens (tertiary/aromatic N) is 4. The summed E-state index contributed by atoms with van der Waals surface area (Å²) in [5, 5.41) is 0. The van der Waals surface area contributed by atoms with Crippen LogP contribution in [0.2, 0.25) is 0 Å². The van der Waals surface area contributed by atoms with Crippen LogP contribution in [0.1, 0.15) is 194 Å². The van der Waals surface area contributed by atoms with Crippen LogP contribution >= 0.6 is 0 Å². The van der Waals surface area contributed by atoms with Gasteiger partial charge in [0.1, 0.15) is 0 Å². The van der Waals surface area contributed by atoms with Gasteiger partial charge in [-0.3, -0.25) is 0 Å². The number of hydrogen-bond acceptors (Lipinski definition) is 4. The zero-order valence-electron chi connectivity index (χ0n) is 34.5. The molecule has 2 aromatic carbocycles. The van der Waals surface area contributed by atoms with Crippen molar-refractivity contribution >= 4 is 0 Å². The van der Waals surface area contributed by atoms with Gasteiger partial charge < -0.3 is 0 Å². The summed E-state index contributed by atoms with van der Waals surface area (Å²) >= 11 is 0. The van der Waals surface area contributed by atoms with E-state index in [0.29, 0.717) is 11.6 Å². The van der Waals surface area contributed by atoms with Crippen LogP contribution in [0.3, 0.4) is 0 Å². The van der Waals surface area contributed by atoms with Crippen LogP contribution in [0.15, 0.2) is 73.3 Å². The van der Waals surface area contributed by atoms with E-state index in [4.69, 9.17) is 0 Å². The molecule has 0 bridgehead atoms. The van der Waals surface area contributed by atoms with Gasteiger partial charge in [0, 0.05) is 35.9 Å². The molecule has 2 fully saturated rings. The Morgan fingerprint density at radius 3 is 1.16 bits per heavy atom. The number of aryl methyl sites for hydroxylation is 2. The molecule has 0 unspecified atom stereocenters. The lowest BCUT2D eigenvalue weighted by Gasteiger charge is -2.28. The minimum absolute atomic E-state index is 0.608. The van der Waals surface area contributed by atoms with Gasteiger partial charge in [-0.25, -0.2) is 19.9 Å². The summed E-state index contributed by atoms with van der Waals surface area (Å²) in [4.78, 5) is 17.6. The molecule has 0 amide bonds. The van der Waals surface area contributed by atoms with Crippen molar-refractivity contribution in [3.63, 3.8) is 0 Å². The Kier molecular flexibility index (Phi) is 18.0. The highest BCUT2D eigenvalue weighted by Gasteiger charge is 2.22. The summed E-state index contributed by atoms with van der Waals surface area (Å²) in [5.41, 5.74) is 7.45. The summed E-state index contributed by atoms with van der Waals surface area (Å²) in [6.45, 7) is 9.10. The molecule has 0 N–H and O–H groups in total. The van der Waals surface area contributed by atoms with Gasteiger partial charge in [-0.1, -0.05) is 109 Å². The molecule has 4 aromatic rings. The highest BCUT2D eigenvalue weighted by Crippen LogP contribution is 2.38. The molecule has 6 rings (SSSR count). The van der Waals surface area contributed by atoms with Crippen LogP contribution in [0.4, 0.5) is 0 Å². The third-order valence-electron chi connectivity index (χ3n) is 12.0. The lowest BCUT2D eigenvalue weighted by molar-refractivity contribution is 0.319. The average Bonchev–Trinajstić information content (AvgIpc) is 3.25. The van der Waals surface area contributed by atoms with Crippen molar-refractivity contribution in [2.24, 2.45) is 11.8 Å². The predicted octanol–water partition coefficient (Wildman–Crippen LogP) is 13.0. The maximum absolute atomic E-state index is 4.41. The van der Waals surface area contributed by atoms with Crippen molar-refractivity contribution in [3.05, 3.63) is 118 Å². The predicted molar refractivity (Wildman–Crippen MR) is 230 cm³/mol. The first-order chi connectivity index (χ1) is 27.1. The molecule has 0 saturated heterocycles. The van der Waals surface area contributed by atoms with Gasteiger partial charge in [0.2, 0.25) is 11.6 Å². The maximum atomic E-state index is 4.41. The molecule has 290 valence electrons. The molecular weight excluding hydrogens is 669 g/mol. The fraction of sp³-hybridized carbons (Fsp3) is 0.529. The van der Waals surface area contributed by atoms with Crippen molar-refractivity contribution < 1.29 is 0 Å². The number of unbranched alkanes of at least 4 members (excludes halogenated alkanes) is 5. The van der Waals surface area contributed by atoms with Crippen molar-refractivity contribution in [2.45, 2.75) is 162 Å². The van der Waals surface area contributed by atoms with E-state index in [-0.39, 0.29) is 0 Å². The molecule has 2 saturated carbocycles. The Morgan fingerprint density at radius 2 is 0.800 bits per heavy atom. The van der Waals surface area contributed by atoms with Crippen LogP contribution in [0.5, 0.6) is 0 Å². The Bertz CT molecular complexity index is 1770. The third kappa shape index (κ3) is 14.4. The molecule has 0 radical (unpaired) electrons. The Hall–Kier alpha value is -4.28. The van der Waals surface area contributed by atoms with E-state index in [1.165, 1.54) is 131 Å². The fourth-order valence-electron chi connectivity index (χ4n) is 8.17. The number of rotatable bonds is 13. The van der Waals surface area contributed by atoms with E-state index < -0.39 is 0 Å². The second-order valence-corrected chi connectivity index (χ2v) is 16.1. The first-order valence-electron chi connectivity index (χ1n) is 21.9. The van der Waals surface area contributed by atoms with E-state index in [2.05, 4.69) is 120 Å². The van der Waals surface area contributed by atoms with Crippen molar-refractivity contribution in [3.8, 4) is 23.7 Å². The zero-order chi connectivity index (χ0) is 38.5. The highest BCUT2D eigenvalue weighted by atomic mass is 14.9. The molecule has 4 heteroatoms. The van der Waals surface area contributed by atoms with Crippen LogP contribution in [-0.4, -0.2) is 19.9 Å². The SMILES string of the molecule is CCCCCCc1cnc(C#Cc2ccc([C@H]3CC[C@H](CC)CC3)cc2)nc1.CCCCCc1cnc(C#Cc2ccc([C@H]3CC[C@H](CC)CC3)cc2)nc1. The van der Waals surface area contributed by atoms with Crippen LogP contribution < -0.4 is 0 Å². The highest BCUT2D eigenvalue weighted by molar-refractivity contribution is 5.41. The molecule has 0 aliphatic heterocycles. The summed E-state index contributed by atoms with van der Waals surface area (Å²) in [7, 11) is 0. The fourth-order valence-corrected chi connectivity index (χ4v) is 8.17. The topological polar surface area (TPSA) is 51.6 Å². The largest absolute Gasteiger partial charge is 0.229 e. The minimum Gasteiger partial charge on any atom is -0.229 e. The number of hydrogen-bond donors (Lipinski definition) is 0. The first kappa shape index (κ1) is 41.9. The maximum Gasteiger partial charge on any atom is 0.205 e. The summed E-state index contributed by atoms with van der Waals surface area (Å²) < 4.78 is 0. The van der Waals surface area contributed by atoms with Crippen LogP contribution in [0.25, 0.3) is 0 Å². The van der Waals surface area contributed by atoms with Crippen molar-refractivity contribution in [2.75, 3.05) is 0 Å². The lowest BCUT2D eigenvalue weighted by Crippen LogP contribution is -2.12. The second-order valence-electron chi connectivity index (χ2n) is 16.1. The molecule has 2 aromatic heterocycles. The average molecular weight is 735 g/mol. The Balaban J connectivity index is 0.000000211. The Morgan fingerprint density at radius 1 is 0.436 bits per heavy atom. The van der Waals surface area contributed by atoms with Gasteiger partial charge in [-0.05, 0) is 159 Å². The minimum atomic E-state index is 0.608. The standard InChI is InChI=1S/C26H34N2.C25H32N2/c1-3-5-6-7-8-23-19-27-26(28-20-23)18-13-22-11-16-25(17-12-22)24-14-9-21(4-2)10-15-24;1-3-5-6-7-22-18-26-25(27-19-22)17-12-21-10-15-24(16-11-21)23-13-8-20(4-2)9-14-23/h11-12,16-17,19-21,24H,3-10,14-15H2,1-2H3;10-11,15-16,18-20,23H,3-9,13-14H2,1-2H3/t21-,24-;20-,23-. The molecule has 0 atom stereocenters. The van der Waals surface area contributed by atoms with Crippen molar-refractivity contribution in [1.29, 1.82) is 0 Å². The second kappa shape index (κ2) is 23.6. The van der Waals surface area contributed by atoms with Gasteiger partial charge in [0.15, 0.2) is 0 Å². The van der Waals surface area contributed by atoms with E-state index >= 15 is 0 Å². The van der Waals surface area contributed by atoms with Gasteiger partial charge in [0.25, 0.3) is 0 Å². The molecule has 2 aliphatic rings. The molecular formula is C51H66N4. The number of aromatic nitrogens is 4. The van der Waals surface area contributed by atoms with Gasteiger partial charge in [-0.2, -0.15) is 0 Å². The van der Waals surface area contributed by atoms with E-state index in [1.54, 1.807) is 0 Å². The van der Waals surface area contributed by atoms with Crippen LogP contribution in [-0.2, 0) is 12.8 Å². The lowest BCUT2D eigenvalue weighted by atomic mass is 9.78. The van der Waals surface area contributed by atoms with Crippen LogP contribution in [0, 0.1) is 35.5 Å². The molecule has 4 nitrogen and oxygen atoms in total. The summed E-state index contributed by atoms with van der Waals surface area (Å²) in [5.74, 6) is 17.2. The smallest absolute Gasteiger partial charge is 0.205 e.